The molecule has 0 bridgehead atoms. The summed E-state index contributed by atoms with van der Waals surface area (Å²) in [5, 5.41) is 11.5. The summed E-state index contributed by atoms with van der Waals surface area (Å²) in [7, 11) is 0. The minimum Gasteiger partial charge on any atom is -0.388 e. The fraction of sp³-hybridized carbons (Fsp3) is 0.538. The van der Waals surface area contributed by atoms with Crippen molar-refractivity contribution in [2.75, 3.05) is 0 Å². The predicted octanol–water partition coefficient (Wildman–Crippen LogP) is 4.61. The Morgan fingerprint density at radius 1 is 1.00 bits per heavy atom. The zero-order valence-corrected chi connectivity index (χ0v) is 10.6. The molecule has 0 aliphatic heterocycles. The van der Waals surface area contributed by atoms with Crippen molar-refractivity contribution in [2.45, 2.75) is 38.2 Å². The van der Waals surface area contributed by atoms with E-state index in [-0.39, 0.29) is 0 Å². The molecule has 1 atom stereocenters. The van der Waals surface area contributed by atoms with E-state index in [4.69, 9.17) is 23.2 Å². The Morgan fingerprint density at radius 2 is 1.56 bits per heavy atom. The van der Waals surface area contributed by atoms with Crippen molar-refractivity contribution in [3.8, 4) is 0 Å². The van der Waals surface area contributed by atoms with Crippen LogP contribution in [0.4, 0.5) is 0 Å². The first kappa shape index (κ1) is 12.2. The van der Waals surface area contributed by atoms with Crippen molar-refractivity contribution in [1.29, 1.82) is 0 Å². The third kappa shape index (κ3) is 2.91. The third-order valence-electron chi connectivity index (χ3n) is 3.32. The van der Waals surface area contributed by atoms with Gasteiger partial charge in [-0.2, -0.15) is 0 Å². The lowest BCUT2D eigenvalue weighted by Crippen LogP contribution is -2.15. The molecule has 0 spiro atoms. The molecule has 2 rings (SSSR count). The van der Waals surface area contributed by atoms with E-state index in [2.05, 4.69) is 0 Å². The molecule has 88 valence electrons. The Morgan fingerprint density at radius 3 is 2.12 bits per heavy atom. The molecule has 1 unspecified atom stereocenters. The second-order valence-corrected chi connectivity index (χ2v) is 5.42. The highest BCUT2D eigenvalue weighted by Crippen LogP contribution is 2.35. The fourth-order valence-corrected chi connectivity index (χ4v) is 3.01. The van der Waals surface area contributed by atoms with E-state index in [0.29, 0.717) is 16.0 Å². The van der Waals surface area contributed by atoms with Gasteiger partial charge in [-0.1, -0.05) is 42.5 Å². The maximum Gasteiger partial charge on any atom is 0.0819 e. The number of benzene rings is 1. The van der Waals surface area contributed by atoms with Crippen LogP contribution < -0.4 is 0 Å². The van der Waals surface area contributed by atoms with E-state index in [1.165, 1.54) is 19.3 Å². The molecule has 0 heterocycles. The molecule has 1 nitrogen and oxygen atoms in total. The maximum atomic E-state index is 10.3. The smallest absolute Gasteiger partial charge is 0.0819 e. The summed E-state index contributed by atoms with van der Waals surface area (Å²) in [6, 6.07) is 5.32. The lowest BCUT2D eigenvalue weighted by Gasteiger charge is -2.27. The van der Waals surface area contributed by atoms with Gasteiger partial charge in [-0.25, -0.2) is 0 Å². The largest absolute Gasteiger partial charge is 0.388 e. The number of halogens is 2. The van der Waals surface area contributed by atoms with Gasteiger partial charge in [0.15, 0.2) is 0 Å². The van der Waals surface area contributed by atoms with Crippen molar-refractivity contribution < 1.29 is 5.11 Å². The molecule has 0 radical (unpaired) electrons. The van der Waals surface area contributed by atoms with Crippen LogP contribution in [-0.2, 0) is 0 Å². The van der Waals surface area contributed by atoms with Crippen LogP contribution in [-0.4, -0.2) is 5.11 Å². The van der Waals surface area contributed by atoms with Crippen LogP contribution in [0.1, 0.15) is 43.8 Å². The summed E-state index contributed by atoms with van der Waals surface area (Å²) in [6.07, 6.45) is 5.51. The molecule has 0 amide bonds. The first-order valence-corrected chi connectivity index (χ1v) is 6.56. The monoisotopic (exact) mass is 258 g/mol. The number of hydrogen-bond donors (Lipinski definition) is 1. The lowest BCUT2D eigenvalue weighted by atomic mass is 9.83. The summed E-state index contributed by atoms with van der Waals surface area (Å²) >= 11 is 11.9. The molecule has 1 N–H and O–H groups in total. The van der Waals surface area contributed by atoms with E-state index in [0.717, 1.165) is 18.4 Å². The minimum atomic E-state index is -0.420. The molecule has 16 heavy (non-hydrogen) atoms. The molecule has 3 heteroatoms. The number of aliphatic hydroxyl groups is 1. The molecule has 1 aliphatic carbocycles. The van der Waals surface area contributed by atoms with Crippen molar-refractivity contribution in [1.82, 2.24) is 0 Å². The molecule has 1 aromatic carbocycles. The summed E-state index contributed by atoms with van der Waals surface area (Å²) in [6.45, 7) is 0. The topological polar surface area (TPSA) is 20.2 Å². The molecule has 1 saturated carbocycles. The van der Waals surface area contributed by atoms with Crippen molar-refractivity contribution in [3.05, 3.63) is 33.8 Å². The number of rotatable bonds is 2. The zero-order valence-electron chi connectivity index (χ0n) is 9.13. The Bertz CT molecular complexity index is 339. The molecule has 0 aromatic heterocycles. The van der Waals surface area contributed by atoms with Crippen LogP contribution in [0.2, 0.25) is 10.0 Å². The molecular formula is C13H16Cl2O. The summed E-state index contributed by atoms with van der Waals surface area (Å²) in [5.74, 6) is 0.364. The van der Waals surface area contributed by atoms with E-state index < -0.39 is 6.10 Å². The Kier molecular flexibility index (Phi) is 4.12. The van der Waals surface area contributed by atoms with Crippen molar-refractivity contribution in [3.63, 3.8) is 0 Å². The quantitative estimate of drug-likeness (QED) is 0.822. The second kappa shape index (κ2) is 5.39. The maximum absolute atomic E-state index is 10.3. The highest BCUT2D eigenvalue weighted by molar-refractivity contribution is 6.34. The van der Waals surface area contributed by atoms with E-state index in [1.807, 2.05) is 12.1 Å². The van der Waals surface area contributed by atoms with Crippen LogP contribution >= 0.6 is 23.2 Å². The molecule has 0 saturated heterocycles. The number of hydrogen-bond acceptors (Lipinski definition) is 1. The molecule has 1 aliphatic rings. The molecular weight excluding hydrogens is 243 g/mol. The lowest BCUT2D eigenvalue weighted by molar-refractivity contribution is 0.0848. The van der Waals surface area contributed by atoms with Gasteiger partial charge in [-0.05, 0) is 42.5 Å². The Balaban J connectivity index is 2.15. The van der Waals surface area contributed by atoms with E-state index >= 15 is 0 Å². The first-order chi connectivity index (χ1) is 7.66. The normalized spacial score (nSPS) is 19.7. The van der Waals surface area contributed by atoms with Gasteiger partial charge in [0.25, 0.3) is 0 Å². The first-order valence-electron chi connectivity index (χ1n) is 5.81. The summed E-state index contributed by atoms with van der Waals surface area (Å²) < 4.78 is 0. The van der Waals surface area contributed by atoms with E-state index in [1.54, 1.807) is 6.07 Å². The predicted molar refractivity (Wildman–Crippen MR) is 68.0 cm³/mol. The SMILES string of the molecule is OC(c1cc(Cl)cc(Cl)c1)C1CCCCC1. The van der Waals surface area contributed by atoms with Crippen molar-refractivity contribution >= 4 is 23.2 Å². The average Bonchev–Trinajstić information content (AvgIpc) is 2.28. The minimum absolute atomic E-state index is 0.364. The van der Waals surface area contributed by atoms with Crippen molar-refractivity contribution in [2.24, 2.45) is 5.92 Å². The van der Waals surface area contributed by atoms with E-state index in [9.17, 15) is 5.11 Å². The highest BCUT2D eigenvalue weighted by atomic mass is 35.5. The third-order valence-corrected chi connectivity index (χ3v) is 3.76. The van der Waals surface area contributed by atoms with Crippen LogP contribution in [0.25, 0.3) is 0 Å². The summed E-state index contributed by atoms with van der Waals surface area (Å²) in [5.41, 5.74) is 0.851. The molecule has 1 aromatic rings. The average molecular weight is 259 g/mol. The van der Waals surface area contributed by atoms with Gasteiger partial charge >= 0.3 is 0 Å². The van der Waals surface area contributed by atoms with Crippen LogP contribution in [0.3, 0.4) is 0 Å². The molecule has 1 fully saturated rings. The standard InChI is InChI=1S/C13H16Cl2O/c14-11-6-10(7-12(15)8-11)13(16)9-4-2-1-3-5-9/h6-9,13,16H,1-5H2. The van der Waals surface area contributed by atoms with Gasteiger partial charge in [0.05, 0.1) is 6.10 Å². The van der Waals surface area contributed by atoms with Crippen LogP contribution in [0, 0.1) is 5.92 Å². The van der Waals surface area contributed by atoms with Gasteiger partial charge in [0.1, 0.15) is 0 Å². The van der Waals surface area contributed by atoms with Gasteiger partial charge in [0, 0.05) is 10.0 Å². The second-order valence-electron chi connectivity index (χ2n) is 4.55. The highest BCUT2D eigenvalue weighted by Gasteiger charge is 2.23. The van der Waals surface area contributed by atoms with Crippen LogP contribution in [0.15, 0.2) is 18.2 Å². The number of aliphatic hydroxyl groups excluding tert-OH is 1. The zero-order chi connectivity index (χ0) is 11.5. The van der Waals surface area contributed by atoms with Gasteiger partial charge in [0.2, 0.25) is 0 Å². The van der Waals surface area contributed by atoms with Gasteiger partial charge in [-0.15, -0.1) is 0 Å². The van der Waals surface area contributed by atoms with Crippen LogP contribution in [0.5, 0.6) is 0 Å². The fourth-order valence-electron chi connectivity index (χ4n) is 2.47. The Hall–Kier alpha value is -0.240. The summed E-state index contributed by atoms with van der Waals surface area (Å²) in [4.78, 5) is 0. The van der Waals surface area contributed by atoms with Gasteiger partial charge < -0.3 is 5.11 Å². The van der Waals surface area contributed by atoms with Gasteiger partial charge in [-0.3, -0.25) is 0 Å². The Labute approximate surface area is 106 Å².